The van der Waals surface area contributed by atoms with Crippen LogP contribution in [-0.4, -0.2) is 20.7 Å². The number of hydrogen-bond acceptors (Lipinski definition) is 3. The van der Waals surface area contributed by atoms with Gasteiger partial charge in [0, 0.05) is 36.6 Å². The summed E-state index contributed by atoms with van der Waals surface area (Å²) in [6.45, 7) is 0. The maximum Gasteiger partial charge on any atom is 0.272 e. The van der Waals surface area contributed by atoms with Gasteiger partial charge in [-0.1, -0.05) is 54.6 Å². The van der Waals surface area contributed by atoms with Crippen molar-refractivity contribution in [3.05, 3.63) is 101 Å². The van der Waals surface area contributed by atoms with Crippen LogP contribution in [0.15, 0.2) is 77.8 Å². The average molecular weight is 493 g/mol. The van der Waals surface area contributed by atoms with Crippen LogP contribution in [0.25, 0.3) is 16.8 Å². The third-order valence-electron chi connectivity index (χ3n) is 5.97. The molecular weight excluding hydrogens is 470 g/mol. The minimum atomic E-state index is -3.43. The number of fused-ring (bicyclic) bond motifs is 2. The number of benzene rings is 3. The van der Waals surface area contributed by atoms with Gasteiger partial charge in [-0.15, -0.1) is 0 Å². The first-order valence-electron chi connectivity index (χ1n) is 10.9. The second-order valence-electron chi connectivity index (χ2n) is 8.47. The molecule has 3 aromatic carbocycles. The van der Waals surface area contributed by atoms with E-state index in [2.05, 4.69) is 16.1 Å². The monoisotopic (exact) mass is 492 g/mol. The van der Waals surface area contributed by atoms with Crippen molar-refractivity contribution >= 4 is 38.4 Å². The third-order valence-corrected chi connectivity index (χ3v) is 7.55. The summed E-state index contributed by atoms with van der Waals surface area (Å²) in [6, 6.07) is 16.8. The van der Waals surface area contributed by atoms with Crippen LogP contribution in [0.4, 0.5) is 14.5 Å². The highest BCUT2D eigenvalue weighted by Gasteiger charge is 2.28. The van der Waals surface area contributed by atoms with Gasteiger partial charge < -0.3 is 9.88 Å². The van der Waals surface area contributed by atoms with Gasteiger partial charge in [0.15, 0.2) is 11.6 Å². The molecule has 178 valence electrons. The molecule has 5 rings (SSSR count). The van der Waals surface area contributed by atoms with Gasteiger partial charge >= 0.3 is 0 Å². The zero-order chi connectivity index (χ0) is 24.7. The lowest BCUT2D eigenvalue weighted by atomic mass is 10.0. The lowest BCUT2D eigenvalue weighted by molar-refractivity contribution is 0.101. The molecule has 0 saturated heterocycles. The Morgan fingerprint density at radius 2 is 1.86 bits per heavy atom. The molecule has 0 bridgehead atoms. The number of amides is 1. The predicted molar refractivity (Wildman–Crippen MR) is 132 cm³/mol. The molecule has 0 saturated carbocycles. The predicted octanol–water partition coefficient (Wildman–Crippen LogP) is 5.26. The highest BCUT2D eigenvalue weighted by Crippen LogP contribution is 2.28. The summed E-state index contributed by atoms with van der Waals surface area (Å²) in [4.78, 5) is 13.2. The van der Waals surface area contributed by atoms with Gasteiger partial charge in [-0.25, -0.2) is 22.5 Å². The van der Waals surface area contributed by atoms with Gasteiger partial charge in [-0.3, -0.25) is 4.79 Å². The van der Waals surface area contributed by atoms with Crippen LogP contribution in [0, 0.1) is 16.4 Å². The number of carbonyl (C=O) groups excluding carboxylic acids is 1. The second kappa shape index (κ2) is 8.75. The molecule has 1 aliphatic rings. The number of nitrogens with zero attached hydrogens (tertiary/aromatic N) is 1. The van der Waals surface area contributed by atoms with Gasteiger partial charge in [-0.05, 0) is 34.9 Å². The minimum Gasteiger partial charge on any atom is -0.345 e. The number of hydrogen-bond donors (Lipinski definition) is 3. The van der Waals surface area contributed by atoms with E-state index in [1.165, 1.54) is 16.8 Å². The molecular formula is C26H22F2N4O2S. The summed E-state index contributed by atoms with van der Waals surface area (Å²) in [6.07, 6.45) is 5.48. The Labute approximate surface area is 201 Å². The van der Waals surface area contributed by atoms with Crippen LogP contribution < -0.4 is 10.0 Å². The molecule has 1 aliphatic heterocycles. The Morgan fingerprint density at radius 3 is 2.63 bits per heavy atom. The van der Waals surface area contributed by atoms with E-state index in [-0.39, 0.29) is 16.3 Å². The van der Waals surface area contributed by atoms with Gasteiger partial charge in [0.05, 0.1) is 4.90 Å². The highest BCUT2D eigenvalue weighted by molar-refractivity contribution is 7.90. The largest absolute Gasteiger partial charge is 0.345 e. The van der Waals surface area contributed by atoms with E-state index in [0.29, 0.717) is 12.0 Å². The molecule has 1 amide bonds. The average Bonchev–Trinajstić information content (AvgIpc) is 3.11. The third kappa shape index (κ3) is 4.48. The zero-order valence-corrected chi connectivity index (χ0v) is 19.5. The Bertz CT molecular complexity index is 1610. The normalized spacial score (nSPS) is 19.3. The van der Waals surface area contributed by atoms with E-state index in [1.54, 1.807) is 19.2 Å². The molecule has 4 aromatic rings. The molecule has 2 atom stereocenters. The number of anilines is 1. The van der Waals surface area contributed by atoms with Crippen molar-refractivity contribution in [2.45, 2.75) is 17.4 Å². The number of rotatable bonds is 4. The van der Waals surface area contributed by atoms with Crippen LogP contribution in [0.2, 0.25) is 0 Å². The first kappa shape index (κ1) is 22.9. The van der Waals surface area contributed by atoms with Crippen molar-refractivity contribution in [2.75, 3.05) is 5.32 Å². The van der Waals surface area contributed by atoms with Crippen molar-refractivity contribution < 1.29 is 17.8 Å². The summed E-state index contributed by atoms with van der Waals surface area (Å²) in [7, 11) is -1.83. The molecule has 0 spiro atoms. The Hall–Kier alpha value is -3.82. The van der Waals surface area contributed by atoms with E-state index in [9.17, 15) is 17.8 Å². The van der Waals surface area contributed by atoms with E-state index < -0.39 is 33.5 Å². The van der Waals surface area contributed by atoms with Gasteiger partial charge in [0.1, 0.15) is 15.6 Å². The van der Waals surface area contributed by atoms with Crippen LogP contribution in [0.3, 0.4) is 0 Å². The SMILES string of the molecule is Cn1cc2c(c1C(=O)Nc1ccc(F)c(F)c1)C=C[C@H](Cc1ccc3ccccc3c1)NS2(=N)=O. The molecule has 1 aromatic heterocycles. The van der Waals surface area contributed by atoms with Crippen molar-refractivity contribution in [3.8, 4) is 0 Å². The molecule has 2 heterocycles. The first-order chi connectivity index (χ1) is 16.7. The molecule has 0 aliphatic carbocycles. The lowest BCUT2D eigenvalue weighted by Gasteiger charge is -2.15. The van der Waals surface area contributed by atoms with E-state index in [4.69, 9.17) is 4.78 Å². The molecule has 6 nitrogen and oxygen atoms in total. The molecule has 35 heavy (non-hydrogen) atoms. The Morgan fingerprint density at radius 1 is 1.09 bits per heavy atom. The summed E-state index contributed by atoms with van der Waals surface area (Å²) in [5.41, 5.74) is 1.61. The van der Waals surface area contributed by atoms with Crippen molar-refractivity contribution in [2.24, 2.45) is 7.05 Å². The fourth-order valence-electron chi connectivity index (χ4n) is 4.31. The van der Waals surface area contributed by atoms with Gasteiger partial charge in [0.25, 0.3) is 5.91 Å². The quantitative estimate of drug-likeness (QED) is 0.363. The first-order valence-corrected chi connectivity index (χ1v) is 12.4. The summed E-state index contributed by atoms with van der Waals surface area (Å²) in [5.74, 6) is -2.69. The van der Waals surface area contributed by atoms with Crippen LogP contribution in [0.1, 0.15) is 21.6 Å². The fourth-order valence-corrected chi connectivity index (χ4v) is 5.81. The van der Waals surface area contributed by atoms with Crippen LogP contribution in [-0.2, 0) is 23.4 Å². The van der Waals surface area contributed by atoms with E-state index in [1.807, 2.05) is 36.4 Å². The number of nitrogens with one attached hydrogen (secondary N) is 3. The number of carbonyl (C=O) groups is 1. The standard InChI is InChI=1S/C26H22F2N4O2S/c1-32-15-24-21(25(32)26(33)30-19-9-11-22(27)23(28)14-19)10-8-20(31-35(24,29)34)13-16-6-7-17-4-2-3-5-18(17)12-16/h2-12,14-15,20H,13H2,1H3,(H,30,33)(H2,29,31,34)/t20-,35?/m1/s1. The minimum absolute atomic E-state index is 0.0837. The fraction of sp³-hybridized carbons (Fsp3) is 0.115. The van der Waals surface area contributed by atoms with Crippen molar-refractivity contribution in [1.29, 1.82) is 4.78 Å². The smallest absolute Gasteiger partial charge is 0.272 e. The Kier molecular flexibility index (Phi) is 5.74. The van der Waals surface area contributed by atoms with Crippen molar-refractivity contribution in [1.82, 2.24) is 9.29 Å². The molecule has 3 N–H and O–H groups in total. The van der Waals surface area contributed by atoms with Gasteiger partial charge in [0.2, 0.25) is 0 Å². The van der Waals surface area contributed by atoms with E-state index in [0.717, 1.165) is 28.5 Å². The maximum absolute atomic E-state index is 13.6. The Balaban J connectivity index is 1.45. The second-order valence-corrected chi connectivity index (χ2v) is 10.3. The lowest BCUT2D eigenvalue weighted by Crippen LogP contribution is -2.33. The molecule has 1 unspecified atom stereocenters. The van der Waals surface area contributed by atoms with Crippen molar-refractivity contribution in [3.63, 3.8) is 0 Å². The summed E-state index contributed by atoms with van der Waals surface area (Å²) >= 11 is 0. The number of aryl methyl sites for hydroxylation is 1. The number of halogens is 2. The highest BCUT2D eigenvalue weighted by atomic mass is 32.2. The topological polar surface area (TPSA) is 87.0 Å². The van der Waals surface area contributed by atoms with E-state index >= 15 is 0 Å². The molecule has 0 radical (unpaired) electrons. The molecule has 0 fully saturated rings. The zero-order valence-electron chi connectivity index (χ0n) is 18.7. The van der Waals surface area contributed by atoms with Gasteiger partial charge in [-0.2, -0.15) is 0 Å². The molecule has 9 heteroatoms. The number of aromatic nitrogens is 1. The summed E-state index contributed by atoms with van der Waals surface area (Å²) in [5, 5.41) is 4.76. The maximum atomic E-state index is 13.6. The van der Waals surface area contributed by atoms with Crippen LogP contribution in [0.5, 0.6) is 0 Å². The van der Waals surface area contributed by atoms with Crippen LogP contribution >= 0.6 is 0 Å². The summed E-state index contributed by atoms with van der Waals surface area (Å²) < 4.78 is 53.1.